The molecule has 1 aliphatic heterocycles. The van der Waals surface area contributed by atoms with Gasteiger partial charge in [0, 0.05) is 0 Å². The lowest BCUT2D eigenvalue weighted by Crippen LogP contribution is -2.45. The molecule has 212 valence electrons. The second-order valence-electron chi connectivity index (χ2n) is 12.0. The summed E-state index contributed by atoms with van der Waals surface area (Å²) in [6.07, 6.45) is 0. The zero-order chi connectivity index (χ0) is 30.1. The molecule has 0 radical (unpaired) electrons. The van der Waals surface area contributed by atoms with E-state index in [1.807, 2.05) is 153 Å². The number of hydrogen-bond donors (Lipinski definition) is 0. The smallest absolute Gasteiger partial charge is 0.239 e. The van der Waals surface area contributed by atoms with E-state index < -0.39 is 22.7 Å². The number of carbonyl (C=O) groups is 3. The van der Waals surface area contributed by atoms with E-state index in [0.717, 1.165) is 39.0 Å². The zero-order valence-corrected chi connectivity index (χ0v) is 24.2. The Hall–Kier alpha value is -5.35. The van der Waals surface area contributed by atoms with Crippen molar-refractivity contribution in [1.82, 2.24) is 0 Å². The van der Waals surface area contributed by atoms with Gasteiger partial charge in [0.15, 0.2) is 5.78 Å². The number of allylic oxidation sites excluding steroid dienone is 2. The fourth-order valence-electron chi connectivity index (χ4n) is 8.28. The minimum atomic E-state index is -1.39. The maximum atomic E-state index is 15.8. The van der Waals surface area contributed by atoms with Crippen LogP contribution in [0.1, 0.15) is 27.8 Å². The summed E-state index contributed by atoms with van der Waals surface area (Å²) < 4.78 is 0. The fourth-order valence-corrected chi connectivity index (χ4v) is 8.28. The number of hydrogen-bond acceptors (Lipinski definition) is 3. The second-order valence-corrected chi connectivity index (χ2v) is 12.0. The summed E-state index contributed by atoms with van der Waals surface area (Å²) in [7, 11) is 0. The van der Waals surface area contributed by atoms with Crippen LogP contribution in [0.4, 0.5) is 5.69 Å². The standard InChI is InChI=1S/C40H29NO3/c1-26-22-24-31(25-23-26)41-36(42)34-35(37(41)43)40(30-20-12-5-13-21-30)33(28-16-8-3-9-17-28)32(27-14-6-2-7-15-27)39(34,38(40)44)29-18-10-4-11-19-29/h2-25,34-35H,1H3/t34?,35?,39-,40+. The molecule has 2 aliphatic carbocycles. The third kappa shape index (κ3) is 3.20. The number of rotatable bonds is 5. The van der Waals surface area contributed by atoms with Crippen LogP contribution >= 0.6 is 0 Å². The molecular weight excluding hydrogens is 542 g/mol. The monoisotopic (exact) mass is 571 g/mol. The lowest BCUT2D eigenvalue weighted by atomic mass is 9.59. The van der Waals surface area contributed by atoms with Gasteiger partial charge in [0.05, 0.1) is 28.4 Å². The Kier molecular flexibility index (Phi) is 5.73. The molecule has 1 heterocycles. The largest absolute Gasteiger partial charge is 0.297 e. The first kappa shape index (κ1) is 26.3. The molecular formula is C40H29NO3. The highest BCUT2D eigenvalue weighted by Gasteiger charge is 2.82. The van der Waals surface area contributed by atoms with Gasteiger partial charge < -0.3 is 0 Å². The highest BCUT2D eigenvalue weighted by Crippen LogP contribution is 2.74. The van der Waals surface area contributed by atoms with Crippen molar-refractivity contribution in [2.45, 2.75) is 17.8 Å². The predicted octanol–water partition coefficient (Wildman–Crippen LogP) is 7.18. The molecule has 8 rings (SSSR count). The number of imide groups is 1. The molecule has 0 N–H and O–H groups in total. The van der Waals surface area contributed by atoms with Crippen molar-refractivity contribution in [3.05, 3.63) is 173 Å². The van der Waals surface area contributed by atoms with Crippen LogP contribution < -0.4 is 4.90 Å². The summed E-state index contributed by atoms with van der Waals surface area (Å²) in [6.45, 7) is 1.97. The first-order valence-corrected chi connectivity index (χ1v) is 15.0. The predicted molar refractivity (Wildman–Crippen MR) is 172 cm³/mol. The van der Waals surface area contributed by atoms with E-state index in [1.54, 1.807) is 0 Å². The molecule has 3 aliphatic rings. The molecule has 1 saturated heterocycles. The molecule has 1 saturated carbocycles. The maximum Gasteiger partial charge on any atom is 0.239 e. The van der Waals surface area contributed by atoms with Crippen molar-refractivity contribution in [3.8, 4) is 0 Å². The average Bonchev–Trinajstić information content (AvgIpc) is 3.59. The van der Waals surface area contributed by atoms with Gasteiger partial charge >= 0.3 is 0 Å². The van der Waals surface area contributed by atoms with Crippen molar-refractivity contribution in [2.24, 2.45) is 11.8 Å². The van der Waals surface area contributed by atoms with E-state index in [9.17, 15) is 9.59 Å². The maximum absolute atomic E-state index is 15.8. The van der Waals surface area contributed by atoms with Crippen LogP contribution in [0.15, 0.2) is 146 Å². The first-order chi connectivity index (χ1) is 21.5. The van der Waals surface area contributed by atoms with E-state index in [2.05, 4.69) is 0 Å². The number of anilines is 1. The van der Waals surface area contributed by atoms with Gasteiger partial charge in [-0.2, -0.15) is 0 Å². The van der Waals surface area contributed by atoms with Crippen LogP contribution in [0.5, 0.6) is 0 Å². The van der Waals surface area contributed by atoms with E-state index >= 15 is 4.79 Å². The van der Waals surface area contributed by atoms with Gasteiger partial charge in [-0.1, -0.05) is 139 Å². The Balaban J connectivity index is 1.55. The average molecular weight is 572 g/mol. The number of fused-ring (bicyclic) bond motifs is 5. The van der Waals surface area contributed by atoms with E-state index in [0.29, 0.717) is 5.69 Å². The Bertz CT molecular complexity index is 1850. The number of carbonyl (C=O) groups excluding carboxylic acids is 3. The Labute approximate surface area is 256 Å². The van der Waals surface area contributed by atoms with Crippen LogP contribution in [0, 0.1) is 18.8 Å². The van der Waals surface area contributed by atoms with Crippen LogP contribution in [-0.4, -0.2) is 17.6 Å². The summed E-state index contributed by atoms with van der Waals surface area (Å²) in [5.41, 5.74) is 3.59. The number of amides is 2. The van der Waals surface area contributed by atoms with Crippen molar-refractivity contribution in [1.29, 1.82) is 0 Å². The number of Topliss-reactive ketones (excluding diaryl/α,β-unsaturated/α-hetero) is 1. The van der Waals surface area contributed by atoms with E-state index in [4.69, 9.17) is 0 Å². The van der Waals surface area contributed by atoms with Crippen LogP contribution in [0.3, 0.4) is 0 Å². The number of benzene rings is 5. The highest BCUT2D eigenvalue weighted by atomic mass is 16.2. The van der Waals surface area contributed by atoms with Gasteiger partial charge in [0.25, 0.3) is 0 Å². The van der Waals surface area contributed by atoms with Gasteiger partial charge in [-0.25, -0.2) is 4.90 Å². The topological polar surface area (TPSA) is 54.5 Å². The lowest BCUT2D eigenvalue weighted by Gasteiger charge is -2.39. The molecule has 2 fully saturated rings. The molecule has 2 bridgehead atoms. The summed E-state index contributed by atoms with van der Waals surface area (Å²) in [5, 5.41) is 0. The molecule has 44 heavy (non-hydrogen) atoms. The third-order valence-electron chi connectivity index (χ3n) is 9.87. The van der Waals surface area contributed by atoms with E-state index in [-0.39, 0.29) is 17.6 Å². The van der Waals surface area contributed by atoms with Gasteiger partial charge in [-0.3, -0.25) is 14.4 Å². The van der Waals surface area contributed by atoms with Crippen molar-refractivity contribution in [3.63, 3.8) is 0 Å². The molecule has 5 aromatic rings. The van der Waals surface area contributed by atoms with E-state index in [1.165, 1.54) is 4.90 Å². The Morgan fingerprint density at radius 2 is 0.841 bits per heavy atom. The van der Waals surface area contributed by atoms with Gasteiger partial charge in [0.1, 0.15) is 0 Å². The SMILES string of the molecule is Cc1ccc(N2C(=O)C3C(C2=O)[C@]2(c4ccccc4)C(=O)[C@@]3(c3ccccc3)C(c3ccccc3)=C2c2ccccc2)cc1. The number of aryl methyl sites for hydroxylation is 1. The van der Waals surface area contributed by atoms with Crippen LogP contribution in [-0.2, 0) is 25.2 Å². The fraction of sp³-hybridized carbons (Fsp3) is 0.125. The molecule has 4 heteroatoms. The molecule has 0 aromatic heterocycles. The summed E-state index contributed by atoms with van der Waals surface area (Å²) >= 11 is 0. The minimum Gasteiger partial charge on any atom is -0.297 e. The van der Waals surface area contributed by atoms with Crippen LogP contribution in [0.2, 0.25) is 0 Å². The van der Waals surface area contributed by atoms with Gasteiger partial charge in [-0.15, -0.1) is 0 Å². The minimum absolute atomic E-state index is 0.111. The normalized spacial score (nSPS) is 25.6. The molecule has 2 amide bonds. The zero-order valence-electron chi connectivity index (χ0n) is 24.2. The molecule has 4 nitrogen and oxygen atoms in total. The summed E-state index contributed by atoms with van der Waals surface area (Å²) in [6, 6.07) is 46.6. The lowest BCUT2D eigenvalue weighted by molar-refractivity contribution is -0.130. The number of nitrogens with zero attached hydrogens (tertiary/aromatic N) is 1. The van der Waals surface area contributed by atoms with Gasteiger partial charge in [0.2, 0.25) is 11.8 Å². The number of ketones is 1. The van der Waals surface area contributed by atoms with Crippen molar-refractivity contribution in [2.75, 3.05) is 4.90 Å². The molecule has 2 unspecified atom stereocenters. The summed E-state index contributed by atoms with van der Waals surface area (Å²) in [5.74, 6) is -2.62. The van der Waals surface area contributed by atoms with Crippen LogP contribution in [0.25, 0.3) is 11.1 Å². The Morgan fingerprint density at radius 1 is 0.477 bits per heavy atom. The molecule has 0 spiro atoms. The third-order valence-corrected chi connectivity index (χ3v) is 9.87. The first-order valence-electron chi connectivity index (χ1n) is 15.0. The quantitative estimate of drug-likeness (QED) is 0.210. The van der Waals surface area contributed by atoms with Crippen molar-refractivity contribution >= 4 is 34.4 Å². The Morgan fingerprint density at radius 3 is 1.23 bits per heavy atom. The second kappa shape index (κ2) is 9.58. The molecule has 4 atom stereocenters. The highest BCUT2D eigenvalue weighted by molar-refractivity contribution is 6.39. The van der Waals surface area contributed by atoms with Gasteiger partial charge in [-0.05, 0) is 52.5 Å². The molecule has 5 aromatic carbocycles. The summed E-state index contributed by atoms with van der Waals surface area (Å²) in [4.78, 5) is 47.0. The van der Waals surface area contributed by atoms with Crippen molar-refractivity contribution < 1.29 is 14.4 Å².